The van der Waals surface area contributed by atoms with E-state index >= 15 is 0 Å². The fraction of sp³-hybridized carbons (Fsp3) is 0.235. The highest BCUT2D eigenvalue weighted by atomic mass is 79.9. The monoisotopic (exact) mass is 331 g/mol. The molecule has 1 amide bonds. The number of rotatable bonds is 5. The van der Waals surface area contributed by atoms with Crippen molar-refractivity contribution in [1.29, 1.82) is 0 Å². The van der Waals surface area contributed by atoms with Crippen LogP contribution in [0.25, 0.3) is 0 Å². The first kappa shape index (κ1) is 14.8. The average Bonchev–Trinajstić information content (AvgIpc) is 2.48. The molecule has 0 aliphatic carbocycles. The van der Waals surface area contributed by atoms with Crippen LogP contribution in [0.5, 0.6) is 0 Å². The lowest BCUT2D eigenvalue weighted by atomic mass is 10.1. The van der Waals surface area contributed by atoms with Gasteiger partial charge >= 0.3 is 0 Å². The van der Waals surface area contributed by atoms with Gasteiger partial charge in [-0.2, -0.15) is 0 Å². The van der Waals surface area contributed by atoms with Crippen LogP contribution in [-0.4, -0.2) is 17.9 Å². The van der Waals surface area contributed by atoms with E-state index in [-0.39, 0.29) is 5.91 Å². The van der Waals surface area contributed by atoms with Gasteiger partial charge in [-0.05, 0) is 23.6 Å². The lowest BCUT2D eigenvalue weighted by molar-refractivity contribution is -0.130. The van der Waals surface area contributed by atoms with Crippen LogP contribution >= 0.6 is 15.9 Å². The minimum atomic E-state index is 0.171. The molecule has 2 rings (SSSR count). The molecule has 20 heavy (non-hydrogen) atoms. The number of hydrogen-bond acceptors (Lipinski definition) is 1. The highest BCUT2D eigenvalue weighted by Gasteiger charge is 2.10. The van der Waals surface area contributed by atoms with Gasteiger partial charge in [-0.3, -0.25) is 4.79 Å². The number of carbonyl (C=O) groups is 1. The van der Waals surface area contributed by atoms with Gasteiger partial charge in [0, 0.05) is 24.5 Å². The average molecular weight is 332 g/mol. The Hall–Kier alpha value is -1.61. The summed E-state index contributed by atoms with van der Waals surface area (Å²) in [7, 11) is 1.85. The van der Waals surface area contributed by atoms with E-state index in [1.807, 2.05) is 49.5 Å². The Morgan fingerprint density at radius 3 is 2.40 bits per heavy atom. The second kappa shape index (κ2) is 7.25. The third kappa shape index (κ3) is 4.20. The summed E-state index contributed by atoms with van der Waals surface area (Å²) in [5, 5.41) is 0. The van der Waals surface area contributed by atoms with Gasteiger partial charge in [0.25, 0.3) is 0 Å². The smallest absolute Gasteiger partial charge is 0.222 e. The summed E-state index contributed by atoms with van der Waals surface area (Å²) in [6.07, 6.45) is 1.34. The molecule has 0 heterocycles. The first-order valence-corrected chi connectivity index (χ1v) is 7.47. The normalized spacial score (nSPS) is 10.3. The topological polar surface area (TPSA) is 20.3 Å². The number of amides is 1. The molecule has 0 aliphatic heterocycles. The van der Waals surface area contributed by atoms with Crippen molar-refractivity contribution in [1.82, 2.24) is 4.90 Å². The molecule has 3 heteroatoms. The van der Waals surface area contributed by atoms with Gasteiger partial charge in [-0.1, -0.05) is 64.5 Å². The fourth-order valence-corrected chi connectivity index (χ4v) is 2.47. The van der Waals surface area contributed by atoms with Gasteiger partial charge in [0.15, 0.2) is 0 Å². The van der Waals surface area contributed by atoms with Crippen molar-refractivity contribution in [3.05, 3.63) is 70.2 Å². The van der Waals surface area contributed by atoms with Gasteiger partial charge < -0.3 is 4.90 Å². The third-order valence-electron chi connectivity index (χ3n) is 3.26. The largest absolute Gasteiger partial charge is 0.341 e. The second-order valence-corrected chi connectivity index (χ2v) is 5.68. The van der Waals surface area contributed by atoms with Gasteiger partial charge in [-0.15, -0.1) is 0 Å². The zero-order valence-electron chi connectivity index (χ0n) is 11.6. The maximum atomic E-state index is 12.1. The highest BCUT2D eigenvalue weighted by molar-refractivity contribution is 9.10. The van der Waals surface area contributed by atoms with Crippen LogP contribution in [-0.2, 0) is 17.8 Å². The molecule has 0 saturated carbocycles. The first-order chi connectivity index (χ1) is 9.66. The number of carbonyl (C=O) groups excluding carboxylic acids is 1. The van der Waals surface area contributed by atoms with Crippen molar-refractivity contribution in [2.24, 2.45) is 0 Å². The second-order valence-electron chi connectivity index (χ2n) is 4.83. The minimum absolute atomic E-state index is 0.171. The van der Waals surface area contributed by atoms with Crippen LogP contribution in [0.1, 0.15) is 17.5 Å². The SMILES string of the molecule is CN(Cc1ccccc1Br)C(=O)CCc1ccccc1. The summed E-state index contributed by atoms with van der Waals surface area (Å²) in [5.41, 5.74) is 2.33. The standard InChI is InChI=1S/C17H18BrNO/c1-19(13-15-9-5-6-10-16(15)18)17(20)12-11-14-7-3-2-4-8-14/h2-10H,11-13H2,1H3. The zero-order valence-corrected chi connectivity index (χ0v) is 13.1. The van der Waals surface area contributed by atoms with Crippen LogP contribution in [0.2, 0.25) is 0 Å². The lowest BCUT2D eigenvalue weighted by Crippen LogP contribution is -2.26. The molecule has 2 nitrogen and oxygen atoms in total. The van der Waals surface area contributed by atoms with Crippen molar-refractivity contribution in [3.63, 3.8) is 0 Å². The predicted octanol–water partition coefficient (Wildman–Crippen LogP) is 4.04. The van der Waals surface area contributed by atoms with Gasteiger partial charge in [0.1, 0.15) is 0 Å². The summed E-state index contributed by atoms with van der Waals surface area (Å²) in [4.78, 5) is 13.9. The van der Waals surface area contributed by atoms with E-state index in [4.69, 9.17) is 0 Å². The van der Waals surface area contributed by atoms with E-state index in [0.717, 1.165) is 16.5 Å². The maximum absolute atomic E-state index is 12.1. The number of benzene rings is 2. The van der Waals surface area contributed by atoms with E-state index < -0.39 is 0 Å². The molecule has 0 saturated heterocycles. The molecule has 0 spiro atoms. The van der Waals surface area contributed by atoms with E-state index in [1.165, 1.54) is 5.56 Å². The summed E-state index contributed by atoms with van der Waals surface area (Å²) in [6.45, 7) is 0.634. The molecule has 0 aromatic heterocycles. The number of hydrogen-bond donors (Lipinski definition) is 0. The van der Waals surface area contributed by atoms with Crippen LogP contribution in [0, 0.1) is 0 Å². The Kier molecular flexibility index (Phi) is 5.36. The van der Waals surface area contributed by atoms with Crippen molar-refractivity contribution in [2.75, 3.05) is 7.05 Å². The molecule has 0 N–H and O–H groups in total. The Balaban J connectivity index is 1.88. The molecule has 0 bridgehead atoms. The van der Waals surface area contributed by atoms with E-state index in [0.29, 0.717) is 13.0 Å². The lowest BCUT2D eigenvalue weighted by Gasteiger charge is -2.18. The van der Waals surface area contributed by atoms with Crippen molar-refractivity contribution < 1.29 is 4.79 Å². The van der Waals surface area contributed by atoms with E-state index in [2.05, 4.69) is 28.1 Å². The number of aryl methyl sites for hydroxylation is 1. The van der Waals surface area contributed by atoms with Crippen LogP contribution in [0.15, 0.2) is 59.1 Å². The number of nitrogens with zero attached hydrogens (tertiary/aromatic N) is 1. The first-order valence-electron chi connectivity index (χ1n) is 6.68. The predicted molar refractivity (Wildman–Crippen MR) is 85.4 cm³/mol. The van der Waals surface area contributed by atoms with Gasteiger partial charge in [-0.25, -0.2) is 0 Å². The van der Waals surface area contributed by atoms with Crippen LogP contribution in [0.4, 0.5) is 0 Å². The maximum Gasteiger partial charge on any atom is 0.222 e. The van der Waals surface area contributed by atoms with Gasteiger partial charge in [0.05, 0.1) is 0 Å². The Morgan fingerprint density at radius 2 is 1.70 bits per heavy atom. The highest BCUT2D eigenvalue weighted by Crippen LogP contribution is 2.17. The molecule has 0 unspecified atom stereocenters. The van der Waals surface area contributed by atoms with Gasteiger partial charge in [0.2, 0.25) is 5.91 Å². The third-order valence-corrected chi connectivity index (χ3v) is 4.04. The summed E-state index contributed by atoms with van der Waals surface area (Å²) in [6, 6.07) is 18.1. The molecule has 0 atom stereocenters. The van der Waals surface area contributed by atoms with Crippen LogP contribution in [0.3, 0.4) is 0 Å². The zero-order chi connectivity index (χ0) is 14.4. The van der Waals surface area contributed by atoms with Crippen molar-refractivity contribution >= 4 is 21.8 Å². The summed E-state index contributed by atoms with van der Waals surface area (Å²) in [5.74, 6) is 0.171. The molecular formula is C17H18BrNO. The molecular weight excluding hydrogens is 314 g/mol. The van der Waals surface area contributed by atoms with Crippen molar-refractivity contribution in [2.45, 2.75) is 19.4 Å². The Morgan fingerprint density at radius 1 is 1.05 bits per heavy atom. The quantitative estimate of drug-likeness (QED) is 0.809. The molecule has 0 radical (unpaired) electrons. The molecule has 0 fully saturated rings. The minimum Gasteiger partial charge on any atom is -0.341 e. The summed E-state index contributed by atoms with van der Waals surface area (Å²) < 4.78 is 1.04. The van der Waals surface area contributed by atoms with E-state index in [9.17, 15) is 4.79 Å². The number of halogens is 1. The molecule has 104 valence electrons. The Labute approximate surface area is 128 Å². The Bertz CT molecular complexity index is 568. The van der Waals surface area contributed by atoms with Crippen molar-refractivity contribution in [3.8, 4) is 0 Å². The summed E-state index contributed by atoms with van der Waals surface area (Å²) >= 11 is 3.51. The fourth-order valence-electron chi connectivity index (χ4n) is 2.06. The molecule has 0 aliphatic rings. The molecule has 2 aromatic carbocycles. The molecule has 2 aromatic rings. The van der Waals surface area contributed by atoms with E-state index in [1.54, 1.807) is 4.90 Å². The van der Waals surface area contributed by atoms with Crippen LogP contribution < -0.4 is 0 Å².